The Balaban J connectivity index is 2.30. The summed E-state index contributed by atoms with van der Waals surface area (Å²) in [6.07, 6.45) is -1.37. The van der Waals surface area contributed by atoms with Crippen molar-refractivity contribution in [3.63, 3.8) is 0 Å². The van der Waals surface area contributed by atoms with Crippen LogP contribution in [0.25, 0.3) is 11.3 Å². The van der Waals surface area contributed by atoms with E-state index in [1.807, 2.05) is 30.3 Å². The van der Waals surface area contributed by atoms with Crippen LogP contribution in [0.15, 0.2) is 36.4 Å². The van der Waals surface area contributed by atoms with Crippen molar-refractivity contribution in [3.05, 3.63) is 42.1 Å². The van der Waals surface area contributed by atoms with Crippen molar-refractivity contribution < 1.29 is 15.0 Å². The predicted octanol–water partition coefficient (Wildman–Crippen LogP) is 1.60. The molecule has 2 rings (SSSR count). The van der Waals surface area contributed by atoms with Crippen molar-refractivity contribution >= 4 is 5.97 Å². The Labute approximate surface area is 104 Å². The van der Waals surface area contributed by atoms with Crippen molar-refractivity contribution in [2.75, 3.05) is 0 Å². The fourth-order valence-corrected chi connectivity index (χ4v) is 1.81. The number of carbonyl (C=O) groups is 1. The zero-order valence-electron chi connectivity index (χ0n) is 9.95. The molecule has 1 aromatic carbocycles. The van der Waals surface area contributed by atoms with E-state index in [9.17, 15) is 9.90 Å². The van der Waals surface area contributed by atoms with E-state index in [0.29, 0.717) is 5.69 Å². The van der Waals surface area contributed by atoms with Crippen LogP contribution < -0.4 is 0 Å². The third kappa shape index (κ3) is 2.57. The lowest BCUT2D eigenvalue weighted by Gasteiger charge is -2.07. The first-order chi connectivity index (χ1) is 8.58. The molecule has 0 amide bonds. The molecule has 2 N–H and O–H groups in total. The number of hydrogen-bond acceptors (Lipinski definition) is 3. The molecule has 0 aliphatic rings. The van der Waals surface area contributed by atoms with Gasteiger partial charge in [0.05, 0.1) is 17.8 Å². The van der Waals surface area contributed by atoms with Crippen LogP contribution in [0.2, 0.25) is 0 Å². The Morgan fingerprint density at radius 2 is 2.06 bits per heavy atom. The summed E-state index contributed by atoms with van der Waals surface area (Å²) in [5.74, 6) is -1.04. The molecular weight excluding hydrogens is 232 g/mol. The highest BCUT2D eigenvalue weighted by Crippen LogP contribution is 2.23. The van der Waals surface area contributed by atoms with Crippen molar-refractivity contribution in [1.29, 1.82) is 0 Å². The molecule has 0 unspecified atom stereocenters. The lowest BCUT2D eigenvalue weighted by molar-refractivity contribution is -0.139. The molecule has 0 radical (unpaired) electrons. The zero-order chi connectivity index (χ0) is 13.1. The highest BCUT2D eigenvalue weighted by Gasteiger charge is 2.17. The second kappa shape index (κ2) is 5.01. The molecule has 0 fully saturated rings. The molecule has 0 saturated heterocycles. The van der Waals surface area contributed by atoms with E-state index in [1.54, 1.807) is 13.1 Å². The normalized spacial score (nSPS) is 12.3. The minimum atomic E-state index is -1.04. The third-order valence-electron chi connectivity index (χ3n) is 2.69. The molecule has 1 aromatic heterocycles. The molecule has 94 valence electrons. The van der Waals surface area contributed by atoms with Gasteiger partial charge in [-0.15, -0.1) is 0 Å². The molecule has 0 spiro atoms. The Morgan fingerprint density at radius 3 is 2.67 bits per heavy atom. The first-order valence-electron chi connectivity index (χ1n) is 5.57. The van der Waals surface area contributed by atoms with Crippen molar-refractivity contribution in [2.24, 2.45) is 7.05 Å². The van der Waals surface area contributed by atoms with Gasteiger partial charge in [0.1, 0.15) is 6.10 Å². The minimum absolute atomic E-state index is 0.326. The van der Waals surface area contributed by atoms with Crippen LogP contribution in [0, 0.1) is 0 Å². The molecule has 0 aliphatic carbocycles. The number of benzene rings is 1. The number of aromatic nitrogens is 2. The Bertz CT molecular complexity index is 549. The van der Waals surface area contributed by atoms with Gasteiger partial charge in [-0.2, -0.15) is 5.10 Å². The largest absolute Gasteiger partial charge is 0.481 e. The lowest BCUT2D eigenvalue weighted by Crippen LogP contribution is -2.09. The molecule has 0 saturated carbocycles. The maximum Gasteiger partial charge on any atom is 0.306 e. The maximum atomic E-state index is 10.6. The quantitative estimate of drug-likeness (QED) is 0.859. The molecule has 5 heteroatoms. The summed E-state index contributed by atoms with van der Waals surface area (Å²) in [6.45, 7) is 0. The van der Waals surface area contributed by atoms with Gasteiger partial charge in [-0.05, 0) is 6.07 Å². The highest BCUT2D eigenvalue weighted by atomic mass is 16.4. The molecule has 5 nitrogen and oxygen atoms in total. The molecule has 1 heterocycles. The van der Waals surface area contributed by atoms with Gasteiger partial charge < -0.3 is 10.2 Å². The summed E-state index contributed by atoms with van der Waals surface area (Å²) in [5, 5.41) is 22.7. The van der Waals surface area contributed by atoms with Gasteiger partial charge in [-0.3, -0.25) is 9.48 Å². The summed E-state index contributed by atoms with van der Waals surface area (Å²) in [4.78, 5) is 10.6. The standard InChI is InChI=1S/C13H14N2O3/c1-15-11(12(16)8-13(17)18)7-10(14-15)9-5-3-2-4-6-9/h2-7,12,16H,8H2,1H3,(H,17,18)/t12-/m1/s1. The number of aliphatic hydroxyl groups is 1. The van der Waals surface area contributed by atoms with Crippen LogP contribution in [0.1, 0.15) is 18.2 Å². The van der Waals surface area contributed by atoms with Crippen LogP contribution in [0.3, 0.4) is 0 Å². The molecule has 1 atom stereocenters. The van der Waals surface area contributed by atoms with Gasteiger partial charge in [-0.25, -0.2) is 0 Å². The van der Waals surface area contributed by atoms with Crippen LogP contribution in [0.5, 0.6) is 0 Å². The number of aliphatic hydroxyl groups excluding tert-OH is 1. The van der Waals surface area contributed by atoms with Crippen LogP contribution >= 0.6 is 0 Å². The highest BCUT2D eigenvalue weighted by molar-refractivity contribution is 5.68. The summed E-state index contributed by atoms with van der Waals surface area (Å²) in [5.41, 5.74) is 2.15. The maximum absolute atomic E-state index is 10.6. The number of aliphatic carboxylic acids is 1. The van der Waals surface area contributed by atoms with E-state index in [4.69, 9.17) is 5.11 Å². The van der Waals surface area contributed by atoms with E-state index in [1.165, 1.54) is 4.68 Å². The zero-order valence-corrected chi connectivity index (χ0v) is 9.95. The van der Waals surface area contributed by atoms with Gasteiger partial charge in [0.15, 0.2) is 0 Å². The van der Waals surface area contributed by atoms with E-state index in [0.717, 1.165) is 11.3 Å². The minimum Gasteiger partial charge on any atom is -0.481 e. The number of nitrogens with zero attached hydrogens (tertiary/aromatic N) is 2. The van der Waals surface area contributed by atoms with Crippen molar-refractivity contribution in [3.8, 4) is 11.3 Å². The fourth-order valence-electron chi connectivity index (χ4n) is 1.81. The number of carboxylic acids is 1. The van der Waals surface area contributed by atoms with Crippen LogP contribution in [-0.4, -0.2) is 26.0 Å². The Morgan fingerprint density at radius 1 is 1.39 bits per heavy atom. The molecule has 2 aromatic rings. The number of hydrogen-bond donors (Lipinski definition) is 2. The van der Waals surface area contributed by atoms with Gasteiger partial charge in [0, 0.05) is 12.6 Å². The molecule has 0 bridgehead atoms. The van der Waals surface area contributed by atoms with E-state index < -0.39 is 12.1 Å². The van der Waals surface area contributed by atoms with Gasteiger partial charge in [0.25, 0.3) is 0 Å². The van der Waals surface area contributed by atoms with Crippen LogP contribution in [0.4, 0.5) is 0 Å². The Kier molecular flexibility index (Phi) is 3.43. The predicted molar refractivity (Wildman–Crippen MR) is 65.9 cm³/mol. The van der Waals surface area contributed by atoms with E-state index >= 15 is 0 Å². The first kappa shape index (κ1) is 12.3. The molecule has 0 aliphatic heterocycles. The third-order valence-corrected chi connectivity index (χ3v) is 2.69. The number of aryl methyl sites for hydroxylation is 1. The first-order valence-corrected chi connectivity index (χ1v) is 5.57. The summed E-state index contributed by atoms with van der Waals surface area (Å²) in [7, 11) is 1.69. The summed E-state index contributed by atoms with van der Waals surface area (Å²) < 4.78 is 1.51. The second-order valence-corrected chi connectivity index (χ2v) is 4.06. The SMILES string of the molecule is Cn1nc(-c2ccccc2)cc1[C@H](O)CC(=O)O. The number of carboxylic acid groups (broad SMARTS) is 1. The van der Waals surface area contributed by atoms with Crippen molar-refractivity contribution in [2.45, 2.75) is 12.5 Å². The second-order valence-electron chi connectivity index (χ2n) is 4.06. The lowest BCUT2D eigenvalue weighted by atomic mass is 10.1. The topological polar surface area (TPSA) is 75.3 Å². The number of rotatable bonds is 4. The average Bonchev–Trinajstić information content (AvgIpc) is 2.72. The van der Waals surface area contributed by atoms with Gasteiger partial charge in [-0.1, -0.05) is 30.3 Å². The summed E-state index contributed by atoms with van der Waals surface area (Å²) >= 11 is 0. The Hall–Kier alpha value is -2.14. The van der Waals surface area contributed by atoms with Gasteiger partial charge >= 0.3 is 5.97 Å². The molecule has 18 heavy (non-hydrogen) atoms. The van der Waals surface area contributed by atoms with Crippen LogP contribution in [-0.2, 0) is 11.8 Å². The average molecular weight is 246 g/mol. The molecular formula is C13H14N2O3. The van der Waals surface area contributed by atoms with Crippen molar-refractivity contribution in [1.82, 2.24) is 9.78 Å². The van der Waals surface area contributed by atoms with Gasteiger partial charge in [0.2, 0.25) is 0 Å². The summed E-state index contributed by atoms with van der Waals surface area (Å²) in [6, 6.07) is 11.2. The smallest absolute Gasteiger partial charge is 0.306 e. The fraction of sp³-hybridized carbons (Fsp3) is 0.231. The monoisotopic (exact) mass is 246 g/mol. The van der Waals surface area contributed by atoms with E-state index in [2.05, 4.69) is 5.10 Å². The van der Waals surface area contributed by atoms with E-state index in [-0.39, 0.29) is 6.42 Å².